The number of piperidine rings is 2. The average molecular weight is 1360 g/mol. The number of carbonyl (C=O) groups is 3. The molecule has 27 heteroatoms. The minimum Gasteiger partial charge on any atom is -0.444 e. The van der Waals surface area contributed by atoms with E-state index in [-0.39, 0.29) is 55.6 Å². The number of imidazole rings is 2. The largest absolute Gasteiger partial charge is 0.444 e. The van der Waals surface area contributed by atoms with E-state index in [1.54, 1.807) is 25.3 Å². The van der Waals surface area contributed by atoms with Crippen molar-refractivity contribution in [1.82, 2.24) is 54.2 Å². The molecule has 4 aliphatic heterocycles. The van der Waals surface area contributed by atoms with E-state index in [2.05, 4.69) is 84.4 Å². The first-order valence-corrected chi connectivity index (χ1v) is 33.7. The highest BCUT2D eigenvalue weighted by Gasteiger charge is 2.46. The van der Waals surface area contributed by atoms with Gasteiger partial charge in [0.1, 0.15) is 65.3 Å². The second-order valence-electron chi connectivity index (χ2n) is 27.0. The van der Waals surface area contributed by atoms with E-state index in [1.807, 2.05) is 114 Å². The Morgan fingerprint density at radius 2 is 0.929 bits per heavy atom. The van der Waals surface area contributed by atoms with Gasteiger partial charge >= 0.3 is 12.2 Å². The SMILES string of the molecule is CC(C)(C)OC(=O)N1CCC(=O)CC1.COC[C@H]1O[C@@H](n2cnc3c(NCC(c4ccccc4)c4ccccc4)nc(CN)nc32)[C@H](O)[C@@H]1O.COC[C@H]1O[C@@H](n2cnc3c(NCC(c4ccccc4)c4ccccc4)nc(CNC4CCN(C(=O)OC(C)(C)C)CC4)nc32)[C@H](O)[C@@H]1O. The second kappa shape index (κ2) is 33.5. The van der Waals surface area contributed by atoms with Gasteiger partial charge in [-0.15, -0.1) is 0 Å². The van der Waals surface area contributed by atoms with Crippen molar-refractivity contribution >= 4 is 51.9 Å². The summed E-state index contributed by atoms with van der Waals surface area (Å²) in [6, 6.07) is 41.3. The number of Topliss-reactive ketones (excluding diaryl/α,β-unsaturated/α-hetero) is 1. The van der Waals surface area contributed by atoms with Crippen LogP contribution in [0.25, 0.3) is 22.3 Å². The minimum absolute atomic E-state index is 0.0381. The van der Waals surface area contributed by atoms with E-state index in [9.17, 15) is 34.8 Å². The van der Waals surface area contributed by atoms with Gasteiger partial charge in [-0.2, -0.15) is 0 Å². The number of ketones is 1. The van der Waals surface area contributed by atoms with Crippen molar-refractivity contribution in [2.24, 2.45) is 5.73 Å². The van der Waals surface area contributed by atoms with Gasteiger partial charge in [-0.1, -0.05) is 121 Å². The standard InChI is InChI=1S/C36H47N7O6.C26H30N6O4.C10H17NO3/c1-36(2,3)49-35(46)42-17-15-25(16-18-42)37-20-28-40-32(38-19-26(23-11-7-5-8-12-23)24-13-9-6-10-14-24)29-33(41-28)43(22-39-29)34-31(45)30(44)27(48-34)21-47-4;1-35-14-19-22(33)23(34)26(36-19)32-15-29-21-24(30-20(12-27)31-25(21)32)28-13-18(16-8-4-2-5-9-16)17-10-6-3-7-11-17;1-10(2,3)14-9(13)11-6-4-8(12)5-7-11/h5-14,22,25-27,30-31,34,37,44-45H,15-21H2,1-4H3,(H,38,40,41);2-11,15,18-19,22-23,26,33-34H,12-14,27H2,1H3,(H,28,30,31);4-7H2,1-3H3/t27-,30-,31-,34-;19-,22-,23-,26-;/m11./s1. The lowest BCUT2D eigenvalue weighted by atomic mass is 9.91. The van der Waals surface area contributed by atoms with Crippen molar-refractivity contribution < 1.29 is 63.2 Å². The molecule has 4 aromatic heterocycles. The third-order valence-electron chi connectivity index (χ3n) is 17.4. The zero-order valence-corrected chi connectivity index (χ0v) is 57.5. The first-order valence-electron chi connectivity index (χ1n) is 33.7. The highest BCUT2D eigenvalue weighted by Crippen LogP contribution is 2.36. The molecule has 0 saturated carbocycles. The number of hydrogen-bond acceptors (Lipinski definition) is 23. The summed E-state index contributed by atoms with van der Waals surface area (Å²) in [5.74, 6) is 2.39. The van der Waals surface area contributed by atoms with Crippen LogP contribution in [-0.2, 0) is 46.3 Å². The van der Waals surface area contributed by atoms with Gasteiger partial charge in [0.2, 0.25) is 0 Å². The summed E-state index contributed by atoms with van der Waals surface area (Å²) < 4.78 is 36.2. The van der Waals surface area contributed by atoms with Crippen LogP contribution in [0.15, 0.2) is 134 Å². The van der Waals surface area contributed by atoms with E-state index >= 15 is 0 Å². The Morgan fingerprint density at radius 3 is 1.30 bits per heavy atom. The Hall–Kier alpha value is -8.61. The van der Waals surface area contributed by atoms with Crippen LogP contribution in [0, 0.1) is 0 Å². The normalized spacial score (nSPS) is 21.3. The number of anilines is 2. The van der Waals surface area contributed by atoms with E-state index < -0.39 is 60.3 Å². The molecule has 2 amide bonds. The average Bonchev–Trinajstić information content (AvgIpc) is 1.62. The molecule has 4 fully saturated rings. The second-order valence-corrected chi connectivity index (χ2v) is 27.0. The van der Waals surface area contributed by atoms with Crippen LogP contribution in [0.2, 0.25) is 0 Å². The van der Waals surface area contributed by atoms with Crippen molar-refractivity contribution in [3.05, 3.63) is 168 Å². The van der Waals surface area contributed by atoms with E-state index in [4.69, 9.17) is 44.1 Å². The molecule has 0 aliphatic carbocycles. The molecule has 4 aliphatic rings. The lowest BCUT2D eigenvalue weighted by Gasteiger charge is -2.33. The van der Waals surface area contributed by atoms with Crippen molar-refractivity contribution in [3.8, 4) is 0 Å². The van der Waals surface area contributed by atoms with E-state index in [0.29, 0.717) is 104 Å². The number of hydrogen-bond donors (Lipinski definition) is 8. The molecule has 27 nitrogen and oxygen atoms in total. The molecule has 8 atom stereocenters. The van der Waals surface area contributed by atoms with Gasteiger partial charge in [-0.05, 0) is 76.6 Å². The van der Waals surface area contributed by atoms with Crippen LogP contribution < -0.4 is 21.7 Å². The lowest BCUT2D eigenvalue weighted by molar-refractivity contribution is -0.121. The van der Waals surface area contributed by atoms with Crippen molar-refractivity contribution in [1.29, 1.82) is 0 Å². The molecule has 9 N–H and O–H groups in total. The topological polar surface area (TPSA) is 343 Å². The molecule has 0 radical (unpaired) electrons. The molecule has 8 aromatic rings. The highest BCUT2D eigenvalue weighted by atomic mass is 16.6. The van der Waals surface area contributed by atoms with Gasteiger partial charge in [-0.3, -0.25) is 13.9 Å². The molecule has 4 saturated heterocycles. The number of benzene rings is 4. The summed E-state index contributed by atoms with van der Waals surface area (Å²) in [5, 5.41) is 53.3. The van der Waals surface area contributed by atoms with Gasteiger partial charge < -0.3 is 80.3 Å². The monoisotopic (exact) mass is 1360 g/mol. The third-order valence-corrected chi connectivity index (χ3v) is 17.4. The predicted molar refractivity (Wildman–Crippen MR) is 370 cm³/mol. The molecular weight excluding hydrogens is 1270 g/mol. The van der Waals surface area contributed by atoms with Crippen LogP contribution in [0.4, 0.5) is 21.2 Å². The third kappa shape index (κ3) is 18.8. The number of ether oxygens (including phenoxy) is 6. The Kier molecular flexibility index (Phi) is 24.7. The number of aromatic nitrogens is 8. The molecule has 8 heterocycles. The molecule has 530 valence electrons. The van der Waals surface area contributed by atoms with Gasteiger partial charge in [0.05, 0.1) is 39.0 Å². The van der Waals surface area contributed by atoms with Crippen LogP contribution in [-0.4, -0.2) is 208 Å². The van der Waals surface area contributed by atoms with E-state index in [1.165, 1.54) is 31.7 Å². The number of likely N-dealkylation sites (tertiary alicyclic amines) is 2. The summed E-state index contributed by atoms with van der Waals surface area (Å²) in [7, 11) is 3.03. The maximum Gasteiger partial charge on any atom is 0.410 e. The van der Waals surface area contributed by atoms with E-state index in [0.717, 1.165) is 24.0 Å². The first kappa shape index (κ1) is 73.1. The fraction of sp³-hybridized carbons (Fsp3) is 0.486. The van der Waals surface area contributed by atoms with Crippen LogP contribution in [0.1, 0.15) is 125 Å². The number of nitrogens with zero attached hydrogens (tertiary/aromatic N) is 10. The smallest absolute Gasteiger partial charge is 0.410 e. The summed E-state index contributed by atoms with van der Waals surface area (Å²) in [6.07, 6.45) is -2.83. The van der Waals surface area contributed by atoms with Gasteiger partial charge in [0.15, 0.2) is 46.4 Å². The molecule has 4 aromatic carbocycles. The molecule has 12 rings (SSSR count). The predicted octanol–water partition coefficient (Wildman–Crippen LogP) is 7.21. The summed E-state index contributed by atoms with van der Waals surface area (Å²) in [5.41, 5.74) is 11.6. The quantitative estimate of drug-likeness (QED) is 0.0374. The number of amides is 2. The highest BCUT2D eigenvalue weighted by molar-refractivity contribution is 5.84. The fourth-order valence-corrected chi connectivity index (χ4v) is 12.3. The molecule has 0 bridgehead atoms. The summed E-state index contributed by atoms with van der Waals surface area (Å²) in [6.45, 7) is 15.2. The van der Waals surface area contributed by atoms with Gasteiger partial charge in [0, 0.05) is 84.2 Å². The number of carbonyl (C=O) groups excluding carboxylic acids is 3. The molecular formula is C72H94N14O13. The van der Waals surface area contributed by atoms with Crippen LogP contribution in [0.5, 0.6) is 0 Å². The van der Waals surface area contributed by atoms with Crippen molar-refractivity contribution in [2.45, 2.75) is 158 Å². The number of aliphatic hydroxyl groups excluding tert-OH is 4. The Morgan fingerprint density at radius 1 is 0.556 bits per heavy atom. The first-order chi connectivity index (χ1) is 47.6. The number of nitrogens with one attached hydrogen (secondary N) is 3. The number of nitrogens with two attached hydrogens (primary N) is 1. The fourth-order valence-electron chi connectivity index (χ4n) is 12.3. The zero-order chi connectivity index (χ0) is 70.4. The van der Waals surface area contributed by atoms with Crippen LogP contribution in [0.3, 0.4) is 0 Å². The number of fused-ring (bicyclic) bond motifs is 2. The Balaban J connectivity index is 0.000000185. The molecule has 99 heavy (non-hydrogen) atoms. The Bertz CT molecular complexity index is 3800. The number of rotatable bonds is 20. The van der Waals surface area contributed by atoms with Crippen molar-refractivity contribution in [2.75, 3.05) is 77.3 Å². The number of methoxy groups -OCH3 is 2. The number of aliphatic hydroxyl groups is 4. The van der Waals surface area contributed by atoms with Crippen LogP contribution >= 0.6 is 0 Å². The summed E-state index contributed by atoms with van der Waals surface area (Å²) >= 11 is 0. The summed E-state index contributed by atoms with van der Waals surface area (Å²) in [4.78, 5) is 66.5. The Labute approximate surface area is 576 Å². The maximum atomic E-state index is 12.6. The minimum atomic E-state index is -1.21. The molecule has 0 spiro atoms. The molecule has 0 unspecified atom stereocenters. The van der Waals surface area contributed by atoms with Gasteiger partial charge in [-0.25, -0.2) is 39.5 Å². The lowest BCUT2D eigenvalue weighted by Crippen LogP contribution is -2.46. The van der Waals surface area contributed by atoms with Gasteiger partial charge in [0.25, 0.3) is 0 Å². The maximum absolute atomic E-state index is 12.6. The van der Waals surface area contributed by atoms with Crippen molar-refractivity contribution in [3.63, 3.8) is 0 Å². The zero-order valence-electron chi connectivity index (χ0n) is 57.5.